The minimum absolute atomic E-state index is 0.252. The Morgan fingerprint density at radius 1 is 1.06 bits per heavy atom. The van der Waals surface area contributed by atoms with Gasteiger partial charge in [-0.1, -0.05) is 29.8 Å². The SMILES string of the molecule is COCCN1C(=O)S/C(=C/c2cc(C)n(-c3ccc(OCc4ccccc4Cl)cc3)c2C)C1=O. The second kappa shape index (κ2) is 10.5. The molecule has 0 saturated carbocycles. The van der Waals surface area contributed by atoms with E-state index in [2.05, 4.69) is 4.57 Å². The number of methoxy groups -OCH3 is 1. The first-order chi connectivity index (χ1) is 16.4. The Labute approximate surface area is 208 Å². The van der Waals surface area contributed by atoms with Gasteiger partial charge in [0.25, 0.3) is 11.1 Å². The maximum absolute atomic E-state index is 12.7. The summed E-state index contributed by atoms with van der Waals surface area (Å²) in [6.07, 6.45) is 1.79. The van der Waals surface area contributed by atoms with Gasteiger partial charge in [0.15, 0.2) is 0 Å². The molecule has 0 spiro atoms. The Morgan fingerprint density at radius 2 is 1.79 bits per heavy atom. The molecule has 0 N–H and O–H groups in total. The van der Waals surface area contributed by atoms with Crippen LogP contribution >= 0.6 is 23.4 Å². The lowest BCUT2D eigenvalue weighted by atomic mass is 10.2. The van der Waals surface area contributed by atoms with Crippen LogP contribution in [0.3, 0.4) is 0 Å². The van der Waals surface area contributed by atoms with Crippen LogP contribution < -0.4 is 4.74 Å². The predicted molar refractivity (Wildman–Crippen MR) is 136 cm³/mol. The van der Waals surface area contributed by atoms with E-state index in [0.29, 0.717) is 23.1 Å². The standard InChI is InChI=1S/C26H25ClN2O4S/c1-17-14-20(15-24-25(30)28(12-13-32-3)26(31)34-24)18(2)29(17)21-8-10-22(11-9-21)33-16-19-6-4-5-7-23(19)27/h4-11,14-15H,12-13,16H2,1-3H3/b24-15+. The lowest BCUT2D eigenvalue weighted by molar-refractivity contribution is -0.123. The molecular weight excluding hydrogens is 472 g/mol. The third-order valence-corrected chi connectivity index (χ3v) is 6.87. The van der Waals surface area contributed by atoms with Crippen LogP contribution in [-0.2, 0) is 16.1 Å². The fourth-order valence-electron chi connectivity index (χ4n) is 3.82. The third-order valence-electron chi connectivity index (χ3n) is 5.60. The van der Waals surface area contributed by atoms with Crippen molar-refractivity contribution < 1.29 is 19.1 Å². The number of carbonyl (C=O) groups is 2. The molecule has 34 heavy (non-hydrogen) atoms. The molecule has 176 valence electrons. The Morgan fingerprint density at radius 3 is 2.50 bits per heavy atom. The van der Waals surface area contributed by atoms with Crippen LogP contribution in [0.15, 0.2) is 59.5 Å². The topological polar surface area (TPSA) is 60.8 Å². The number of hydrogen-bond acceptors (Lipinski definition) is 5. The van der Waals surface area contributed by atoms with Crippen molar-refractivity contribution in [3.05, 3.63) is 87.0 Å². The molecule has 1 aromatic heterocycles. The van der Waals surface area contributed by atoms with E-state index in [1.165, 1.54) is 4.90 Å². The molecule has 1 aliphatic heterocycles. The summed E-state index contributed by atoms with van der Waals surface area (Å²) in [5, 5.41) is 0.413. The zero-order valence-electron chi connectivity index (χ0n) is 19.2. The number of imide groups is 1. The molecule has 0 bridgehead atoms. The Kier molecular flexibility index (Phi) is 7.46. The number of halogens is 1. The van der Waals surface area contributed by atoms with Crippen LogP contribution in [-0.4, -0.2) is 40.9 Å². The third kappa shape index (κ3) is 5.06. The van der Waals surface area contributed by atoms with E-state index in [1.807, 2.05) is 68.4 Å². The normalized spacial score (nSPS) is 14.9. The highest BCUT2D eigenvalue weighted by atomic mass is 35.5. The monoisotopic (exact) mass is 496 g/mol. The first-order valence-electron chi connectivity index (χ1n) is 10.8. The van der Waals surface area contributed by atoms with Gasteiger partial charge in [-0.3, -0.25) is 14.5 Å². The molecule has 0 unspecified atom stereocenters. The van der Waals surface area contributed by atoms with Crippen LogP contribution in [0.25, 0.3) is 11.8 Å². The Hall–Kier alpha value is -3.00. The minimum atomic E-state index is -0.281. The number of aromatic nitrogens is 1. The molecule has 6 nitrogen and oxygen atoms in total. The maximum atomic E-state index is 12.7. The summed E-state index contributed by atoms with van der Waals surface area (Å²) < 4.78 is 13.0. The Balaban J connectivity index is 1.51. The van der Waals surface area contributed by atoms with E-state index >= 15 is 0 Å². The van der Waals surface area contributed by atoms with Crippen molar-refractivity contribution >= 4 is 40.6 Å². The van der Waals surface area contributed by atoms with Gasteiger partial charge in [0.05, 0.1) is 18.1 Å². The van der Waals surface area contributed by atoms with E-state index in [-0.39, 0.29) is 17.7 Å². The van der Waals surface area contributed by atoms with Crippen molar-refractivity contribution in [1.82, 2.24) is 9.47 Å². The van der Waals surface area contributed by atoms with E-state index < -0.39 is 0 Å². The molecule has 4 rings (SSSR count). The predicted octanol–water partition coefficient (Wildman–Crippen LogP) is 6.01. The number of carbonyl (C=O) groups excluding carboxylic acids is 2. The van der Waals surface area contributed by atoms with Crippen molar-refractivity contribution in [2.24, 2.45) is 0 Å². The lowest BCUT2D eigenvalue weighted by Gasteiger charge is -2.12. The van der Waals surface area contributed by atoms with E-state index in [9.17, 15) is 9.59 Å². The van der Waals surface area contributed by atoms with Gasteiger partial charge < -0.3 is 14.0 Å². The van der Waals surface area contributed by atoms with Crippen LogP contribution in [0.2, 0.25) is 5.02 Å². The number of ether oxygens (including phenoxy) is 2. The van der Waals surface area contributed by atoms with Crippen molar-refractivity contribution in [3.63, 3.8) is 0 Å². The summed E-state index contributed by atoms with van der Waals surface area (Å²) >= 11 is 7.16. The first-order valence-corrected chi connectivity index (χ1v) is 12.0. The second-order valence-electron chi connectivity index (χ2n) is 7.86. The Bertz CT molecular complexity index is 1250. The zero-order chi connectivity index (χ0) is 24.2. The maximum Gasteiger partial charge on any atom is 0.293 e. The lowest BCUT2D eigenvalue weighted by Crippen LogP contribution is -2.31. The van der Waals surface area contributed by atoms with Crippen molar-refractivity contribution in [1.29, 1.82) is 0 Å². The average Bonchev–Trinajstić information content (AvgIpc) is 3.25. The molecule has 8 heteroatoms. The summed E-state index contributed by atoms with van der Waals surface area (Å²) in [5.41, 5.74) is 4.81. The van der Waals surface area contributed by atoms with Gasteiger partial charge in [0, 0.05) is 34.8 Å². The molecule has 1 saturated heterocycles. The number of nitrogens with zero attached hydrogens (tertiary/aromatic N) is 2. The molecule has 2 amide bonds. The van der Waals surface area contributed by atoms with Crippen molar-refractivity contribution in [2.75, 3.05) is 20.3 Å². The van der Waals surface area contributed by atoms with Crippen LogP contribution in [0.1, 0.15) is 22.5 Å². The van der Waals surface area contributed by atoms with E-state index in [0.717, 1.165) is 45.7 Å². The number of amides is 2. The second-order valence-corrected chi connectivity index (χ2v) is 9.26. The van der Waals surface area contributed by atoms with Gasteiger partial charge in [-0.2, -0.15) is 0 Å². The van der Waals surface area contributed by atoms with Gasteiger partial charge in [0.2, 0.25) is 0 Å². The largest absolute Gasteiger partial charge is 0.489 e. The van der Waals surface area contributed by atoms with E-state index in [4.69, 9.17) is 21.1 Å². The first kappa shape index (κ1) is 24.1. The molecule has 0 atom stereocenters. The number of benzene rings is 2. The van der Waals surface area contributed by atoms with Crippen molar-refractivity contribution in [2.45, 2.75) is 20.5 Å². The highest BCUT2D eigenvalue weighted by molar-refractivity contribution is 8.18. The fourth-order valence-corrected chi connectivity index (χ4v) is 4.86. The molecule has 2 aromatic carbocycles. The molecule has 0 aliphatic carbocycles. The van der Waals surface area contributed by atoms with Gasteiger partial charge >= 0.3 is 0 Å². The number of hydrogen-bond donors (Lipinski definition) is 0. The summed E-state index contributed by atoms with van der Waals surface area (Å²) in [4.78, 5) is 26.5. The van der Waals surface area contributed by atoms with Crippen LogP contribution in [0.4, 0.5) is 4.79 Å². The molecular formula is C26H25ClN2O4S. The van der Waals surface area contributed by atoms with Crippen molar-refractivity contribution in [3.8, 4) is 11.4 Å². The smallest absolute Gasteiger partial charge is 0.293 e. The zero-order valence-corrected chi connectivity index (χ0v) is 20.8. The van der Waals surface area contributed by atoms with Gasteiger partial charge in [-0.25, -0.2) is 0 Å². The summed E-state index contributed by atoms with van der Waals surface area (Å²) in [7, 11) is 1.54. The van der Waals surface area contributed by atoms with Crippen LogP contribution in [0.5, 0.6) is 5.75 Å². The molecule has 2 heterocycles. The summed E-state index contributed by atoms with van der Waals surface area (Å²) in [6, 6.07) is 17.5. The van der Waals surface area contributed by atoms with Gasteiger partial charge in [-0.05, 0) is 73.6 Å². The van der Waals surface area contributed by atoms with E-state index in [1.54, 1.807) is 13.2 Å². The highest BCUT2D eigenvalue weighted by Gasteiger charge is 2.34. The fraction of sp³-hybridized carbons (Fsp3) is 0.231. The highest BCUT2D eigenvalue weighted by Crippen LogP contribution is 2.33. The minimum Gasteiger partial charge on any atom is -0.489 e. The average molecular weight is 497 g/mol. The number of thioether (sulfide) groups is 1. The quantitative estimate of drug-likeness (QED) is 0.357. The van der Waals surface area contributed by atoms with Gasteiger partial charge in [0.1, 0.15) is 12.4 Å². The number of rotatable bonds is 8. The van der Waals surface area contributed by atoms with Gasteiger partial charge in [-0.15, -0.1) is 0 Å². The number of aryl methyl sites for hydroxylation is 1. The molecule has 1 aliphatic rings. The molecule has 1 fully saturated rings. The molecule has 0 radical (unpaired) electrons. The summed E-state index contributed by atoms with van der Waals surface area (Å²) in [6.45, 7) is 4.97. The van der Waals surface area contributed by atoms with Crippen LogP contribution in [0, 0.1) is 13.8 Å². The summed E-state index contributed by atoms with van der Waals surface area (Å²) in [5.74, 6) is 0.466. The molecule has 3 aromatic rings.